The fraction of sp³-hybridized carbons (Fsp3) is 0.600. The molecule has 4 nitrogen and oxygen atoms in total. The molecular formula is C15H20N2O2. The third-order valence-electron chi connectivity index (χ3n) is 4.06. The molecule has 1 fully saturated rings. The van der Waals surface area contributed by atoms with Gasteiger partial charge in [-0.2, -0.15) is 5.26 Å². The number of nitriles is 1. The van der Waals surface area contributed by atoms with E-state index in [9.17, 15) is 10.4 Å². The third kappa shape index (κ3) is 2.71. The number of aliphatic hydroxyl groups excluding tert-OH is 1. The first-order valence-corrected chi connectivity index (χ1v) is 6.70. The summed E-state index contributed by atoms with van der Waals surface area (Å²) < 4.78 is 5.01. The van der Waals surface area contributed by atoms with Gasteiger partial charge in [-0.3, -0.25) is 0 Å². The summed E-state index contributed by atoms with van der Waals surface area (Å²) >= 11 is 0. The van der Waals surface area contributed by atoms with Crippen LogP contribution in [-0.4, -0.2) is 17.2 Å². The fourth-order valence-electron chi connectivity index (χ4n) is 3.00. The molecule has 0 bridgehead atoms. The van der Waals surface area contributed by atoms with Crippen molar-refractivity contribution >= 4 is 0 Å². The van der Waals surface area contributed by atoms with E-state index in [0.717, 1.165) is 25.7 Å². The SMILES string of the molecule is COc1ccc(C(O)C2(C#N)CCCC(C)C2)cn1. The van der Waals surface area contributed by atoms with E-state index in [1.54, 1.807) is 25.4 Å². The van der Waals surface area contributed by atoms with E-state index in [2.05, 4.69) is 18.0 Å². The molecule has 102 valence electrons. The second kappa shape index (κ2) is 5.58. The molecule has 1 heterocycles. The fourth-order valence-corrected chi connectivity index (χ4v) is 3.00. The zero-order valence-electron chi connectivity index (χ0n) is 11.5. The molecule has 0 aliphatic heterocycles. The van der Waals surface area contributed by atoms with E-state index in [4.69, 9.17) is 4.74 Å². The van der Waals surface area contributed by atoms with Crippen molar-refractivity contribution in [1.82, 2.24) is 4.98 Å². The van der Waals surface area contributed by atoms with Gasteiger partial charge in [0.1, 0.15) is 0 Å². The maximum absolute atomic E-state index is 10.6. The predicted octanol–water partition coefficient (Wildman–Crippen LogP) is 2.84. The van der Waals surface area contributed by atoms with Crippen molar-refractivity contribution in [3.8, 4) is 11.9 Å². The highest BCUT2D eigenvalue weighted by Crippen LogP contribution is 2.47. The second-order valence-electron chi connectivity index (χ2n) is 5.51. The number of pyridine rings is 1. The van der Waals surface area contributed by atoms with Crippen molar-refractivity contribution in [2.45, 2.75) is 38.7 Å². The summed E-state index contributed by atoms with van der Waals surface area (Å²) in [5.41, 5.74) is 0.0185. The normalized spacial score (nSPS) is 28.4. The monoisotopic (exact) mass is 260 g/mol. The summed E-state index contributed by atoms with van der Waals surface area (Å²) in [4.78, 5) is 4.11. The van der Waals surface area contributed by atoms with Crippen LogP contribution in [-0.2, 0) is 0 Å². The lowest BCUT2D eigenvalue weighted by Gasteiger charge is -2.38. The summed E-state index contributed by atoms with van der Waals surface area (Å²) in [5.74, 6) is 0.994. The average Bonchev–Trinajstić information content (AvgIpc) is 2.46. The minimum Gasteiger partial charge on any atom is -0.481 e. The van der Waals surface area contributed by atoms with Gasteiger partial charge in [0.2, 0.25) is 5.88 Å². The van der Waals surface area contributed by atoms with E-state index in [0.29, 0.717) is 17.4 Å². The number of hydrogen-bond donors (Lipinski definition) is 1. The van der Waals surface area contributed by atoms with Gasteiger partial charge in [-0.1, -0.05) is 19.8 Å². The lowest BCUT2D eigenvalue weighted by Crippen LogP contribution is -2.33. The Morgan fingerprint density at radius 2 is 2.37 bits per heavy atom. The number of methoxy groups -OCH3 is 1. The summed E-state index contributed by atoms with van der Waals surface area (Å²) in [7, 11) is 1.55. The van der Waals surface area contributed by atoms with Crippen molar-refractivity contribution < 1.29 is 9.84 Å². The molecule has 0 aromatic carbocycles. The Morgan fingerprint density at radius 1 is 1.58 bits per heavy atom. The Bertz CT molecular complexity index is 466. The molecule has 0 spiro atoms. The highest BCUT2D eigenvalue weighted by Gasteiger charge is 2.42. The third-order valence-corrected chi connectivity index (χ3v) is 4.06. The minimum absolute atomic E-state index is 0.481. The van der Waals surface area contributed by atoms with Crippen LogP contribution < -0.4 is 4.74 Å². The highest BCUT2D eigenvalue weighted by atomic mass is 16.5. The Labute approximate surface area is 114 Å². The molecule has 3 atom stereocenters. The minimum atomic E-state index is -0.779. The van der Waals surface area contributed by atoms with Crippen LogP contribution >= 0.6 is 0 Å². The van der Waals surface area contributed by atoms with E-state index < -0.39 is 11.5 Å². The molecule has 3 unspecified atom stereocenters. The van der Waals surface area contributed by atoms with Crippen LogP contribution in [0, 0.1) is 22.7 Å². The molecule has 0 saturated heterocycles. The predicted molar refractivity (Wildman–Crippen MR) is 71.4 cm³/mol. The van der Waals surface area contributed by atoms with Crippen molar-refractivity contribution in [1.29, 1.82) is 5.26 Å². The zero-order valence-corrected chi connectivity index (χ0v) is 11.5. The van der Waals surface area contributed by atoms with E-state index in [1.807, 2.05) is 0 Å². The van der Waals surface area contributed by atoms with Gasteiger partial charge in [-0.05, 0) is 24.8 Å². The molecule has 0 radical (unpaired) electrons. The quantitative estimate of drug-likeness (QED) is 0.907. The molecule has 19 heavy (non-hydrogen) atoms. The Hall–Kier alpha value is -1.60. The summed E-state index contributed by atoms with van der Waals surface area (Å²) in [6.45, 7) is 2.14. The summed E-state index contributed by atoms with van der Waals surface area (Å²) in [5, 5.41) is 20.1. The van der Waals surface area contributed by atoms with Crippen LogP contribution in [0.25, 0.3) is 0 Å². The standard InChI is InChI=1S/C15H20N2O2/c1-11-4-3-7-15(8-11,10-16)14(18)12-5-6-13(19-2)17-9-12/h5-6,9,11,14,18H,3-4,7-8H2,1-2H3. The van der Waals surface area contributed by atoms with Gasteiger partial charge in [0.05, 0.1) is 24.7 Å². The first-order valence-electron chi connectivity index (χ1n) is 6.70. The van der Waals surface area contributed by atoms with E-state index in [-0.39, 0.29) is 0 Å². The van der Waals surface area contributed by atoms with E-state index in [1.165, 1.54) is 0 Å². The maximum atomic E-state index is 10.6. The Balaban J connectivity index is 2.24. The number of aromatic nitrogens is 1. The van der Waals surface area contributed by atoms with Crippen LogP contribution in [0.15, 0.2) is 18.3 Å². The molecule has 1 N–H and O–H groups in total. The van der Waals surface area contributed by atoms with Gasteiger partial charge in [-0.15, -0.1) is 0 Å². The first kappa shape index (κ1) is 13.8. The molecule has 4 heteroatoms. The summed E-state index contributed by atoms with van der Waals surface area (Å²) in [6.07, 6.45) is 4.45. The average molecular weight is 260 g/mol. The van der Waals surface area contributed by atoms with Crippen LogP contribution in [0.1, 0.15) is 44.3 Å². The molecule has 1 aliphatic carbocycles. The van der Waals surface area contributed by atoms with Crippen molar-refractivity contribution in [3.63, 3.8) is 0 Å². The first-order chi connectivity index (χ1) is 9.11. The molecule has 1 aromatic rings. The zero-order chi connectivity index (χ0) is 13.9. The lowest BCUT2D eigenvalue weighted by atomic mass is 9.66. The molecular weight excluding hydrogens is 240 g/mol. The lowest BCUT2D eigenvalue weighted by molar-refractivity contribution is 0.0216. The van der Waals surface area contributed by atoms with Crippen LogP contribution in [0.5, 0.6) is 5.88 Å². The number of aliphatic hydroxyl groups is 1. The maximum Gasteiger partial charge on any atom is 0.212 e. The summed E-state index contributed by atoms with van der Waals surface area (Å²) in [6, 6.07) is 5.87. The second-order valence-corrected chi connectivity index (χ2v) is 5.51. The van der Waals surface area contributed by atoms with Gasteiger partial charge in [0.15, 0.2) is 0 Å². The van der Waals surface area contributed by atoms with Gasteiger partial charge in [0, 0.05) is 17.8 Å². The highest BCUT2D eigenvalue weighted by molar-refractivity contribution is 5.24. The smallest absolute Gasteiger partial charge is 0.212 e. The molecule has 1 aliphatic rings. The van der Waals surface area contributed by atoms with E-state index >= 15 is 0 Å². The van der Waals surface area contributed by atoms with Crippen LogP contribution in [0.2, 0.25) is 0 Å². The van der Waals surface area contributed by atoms with Crippen LogP contribution in [0.3, 0.4) is 0 Å². The number of ether oxygens (including phenoxy) is 1. The van der Waals surface area contributed by atoms with Crippen molar-refractivity contribution in [2.75, 3.05) is 7.11 Å². The van der Waals surface area contributed by atoms with Crippen LogP contribution in [0.4, 0.5) is 0 Å². The molecule has 2 rings (SSSR count). The molecule has 1 saturated carbocycles. The Morgan fingerprint density at radius 3 is 2.89 bits per heavy atom. The Kier molecular flexibility index (Phi) is 4.06. The topological polar surface area (TPSA) is 66.1 Å². The van der Waals surface area contributed by atoms with Crippen molar-refractivity contribution in [2.24, 2.45) is 11.3 Å². The van der Waals surface area contributed by atoms with Gasteiger partial charge < -0.3 is 9.84 Å². The number of nitrogens with zero attached hydrogens (tertiary/aromatic N) is 2. The largest absolute Gasteiger partial charge is 0.481 e. The van der Waals surface area contributed by atoms with Gasteiger partial charge >= 0.3 is 0 Å². The number of hydrogen-bond acceptors (Lipinski definition) is 4. The molecule has 0 amide bonds. The number of rotatable bonds is 3. The molecule has 1 aromatic heterocycles. The van der Waals surface area contributed by atoms with Crippen molar-refractivity contribution in [3.05, 3.63) is 23.9 Å². The van der Waals surface area contributed by atoms with Gasteiger partial charge in [-0.25, -0.2) is 4.98 Å². The van der Waals surface area contributed by atoms with Gasteiger partial charge in [0.25, 0.3) is 0 Å².